The Morgan fingerprint density at radius 1 is 0.788 bits per heavy atom. The highest BCUT2D eigenvalue weighted by Crippen LogP contribution is 2.47. The number of hydrogen-bond donors (Lipinski definition) is 0. The van der Waals surface area contributed by atoms with E-state index in [1.165, 1.54) is 18.6 Å². The molecule has 2 aliphatic heterocycles. The molecule has 3 aromatic rings. The molecule has 0 bridgehead atoms. The third-order valence-electron chi connectivity index (χ3n) is 6.39. The molecule has 3 nitrogen and oxygen atoms in total. The lowest BCUT2D eigenvalue weighted by molar-refractivity contribution is -0.118. The van der Waals surface area contributed by atoms with E-state index in [2.05, 4.69) is 17.0 Å². The van der Waals surface area contributed by atoms with Gasteiger partial charge in [-0.25, -0.2) is 4.39 Å². The zero-order chi connectivity index (χ0) is 23.1. The van der Waals surface area contributed by atoms with Crippen molar-refractivity contribution in [1.29, 1.82) is 0 Å². The van der Waals surface area contributed by atoms with Crippen molar-refractivity contribution in [3.05, 3.63) is 75.0 Å². The van der Waals surface area contributed by atoms with Crippen LogP contribution in [0.1, 0.15) is 31.2 Å². The van der Waals surface area contributed by atoms with Gasteiger partial charge in [0.15, 0.2) is 0 Å². The molecule has 0 atom stereocenters. The summed E-state index contributed by atoms with van der Waals surface area (Å²) in [5.74, 6) is -0.450. The molecule has 5 rings (SSSR count). The molecule has 0 radical (unpaired) electrons. The minimum absolute atomic E-state index is 0.0653. The molecule has 1 fully saturated rings. The Morgan fingerprint density at radius 2 is 1.52 bits per heavy atom. The van der Waals surface area contributed by atoms with E-state index in [0.717, 1.165) is 54.0 Å². The van der Waals surface area contributed by atoms with Crippen LogP contribution in [0.5, 0.6) is 0 Å². The minimum atomic E-state index is -0.385. The van der Waals surface area contributed by atoms with Crippen LogP contribution in [0.15, 0.2) is 48.5 Å². The van der Waals surface area contributed by atoms with Crippen molar-refractivity contribution in [2.75, 3.05) is 22.9 Å². The van der Waals surface area contributed by atoms with Gasteiger partial charge in [0.2, 0.25) is 5.91 Å². The van der Waals surface area contributed by atoms with Gasteiger partial charge < -0.3 is 4.90 Å². The van der Waals surface area contributed by atoms with E-state index in [4.69, 9.17) is 34.8 Å². The minimum Gasteiger partial charge on any atom is -0.371 e. The average Bonchev–Trinajstić information content (AvgIpc) is 2.80. The molecule has 0 aromatic heterocycles. The first-order chi connectivity index (χ1) is 15.9. The fourth-order valence-electron chi connectivity index (χ4n) is 4.81. The fraction of sp³-hybridized carbons (Fsp3) is 0.269. The van der Waals surface area contributed by atoms with Crippen LogP contribution < -0.4 is 9.80 Å². The fourth-order valence-corrected chi connectivity index (χ4v) is 5.65. The summed E-state index contributed by atoms with van der Waals surface area (Å²) in [4.78, 5) is 17.2. The summed E-state index contributed by atoms with van der Waals surface area (Å²) in [6.45, 7) is 1.88. The Morgan fingerprint density at radius 3 is 2.21 bits per heavy atom. The lowest BCUT2D eigenvalue weighted by Gasteiger charge is -2.35. The van der Waals surface area contributed by atoms with Crippen LogP contribution in [0.4, 0.5) is 21.5 Å². The molecule has 3 aromatic carbocycles. The highest BCUT2D eigenvalue weighted by atomic mass is 35.5. The predicted molar refractivity (Wildman–Crippen MR) is 135 cm³/mol. The predicted octanol–water partition coefficient (Wildman–Crippen LogP) is 8.05. The maximum atomic E-state index is 13.8. The second kappa shape index (κ2) is 9.17. The normalized spacial score (nSPS) is 16.2. The number of hydrogen-bond acceptors (Lipinski definition) is 2. The van der Waals surface area contributed by atoms with Gasteiger partial charge in [0.1, 0.15) is 5.82 Å². The molecule has 7 heteroatoms. The van der Waals surface area contributed by atoms with Crippen molar-refractivity contribution < 1.29 is 9.18 Å². The van der Waals surface area contributed by atoms with Gasteiger partial charge in [-0.1, -0.05) is 40.9 Å². The smallest absolute Gasteiger partial charge is 0.231 e. The van der Waals surface area contributed by atoms with E-state index >= 15 is 0 Å². The van der Waals surface area contributed by atoms with Crippen LogP contribution in [-0.4, -0.2) is 19.0 Å². The zero-order valence-corrected chi connectivity index (χ0v) is 20.2. The number of carbonyl (C=O) groups is 1. The van der Waals surface area contributed by atoms with Gasteiger partial charge in [-0.3, -0.25) is 9.69 Å². The van der Waals surface area contributed by atoms with Crippen molar-refractivity contribution in [3.8, 4) is 11.1 Å². The van der Waals surface area contributed by atoms with E-state index in [1.54, 1.807) is 29.2 Å². The standard InChI is InChI=1S/C26H22Cl3FN2O/c27-21-5-4-6-22(28)26(21)32-24-15-17(31-11-2-1-3-12-31)14-20(19(24)9-10-25(32)33)18-8-7-16(30)13-23(18)29/h4-8,13-15H,1-3,9-12H2. The summed E-state index contributed by atoms with van der Waals surface area (Å²) in [7, 11) is 0. The second-order valence-corrected chi connectivity index (χ2v) is 9.68. The third kappa shape index (κ3) is 4.21. The molecule has 0 unspecified atom stereocenters. The summed E-state index contributed by atoms with van der Waals surface area (Å²) in [6.07, 6.45) is 4.29. The van der Waals surface area contributed by atoms with Gasteiger partial charge in [0.05, 0.1) is 26.4 Å². The van der Waals surface area contributed by atoms with Crippen LogP contribution in [-0.2, 0) is 11.2 Å². The number of halogens is 4. The lowest BCUT2D eigenvalue weighted by Crippen LogP contribution is -2.33. The number of piperidine rings is 1. The Hall–Kier alpha value is -2.27. The number of para-hydroxylation sites is 1. The molecule has 0 spiro atoms. The number of rotatable bonds is 3. The molecule has 2 heterocycles. The first-order valence-electron chi connectivity index (χ1n) is 11.1. The topological polar surface area (TPSA) is 23.6 Å². The van der Waals surface area contributed by atoms with Crippen molar-refractivity contribution in [1.82, 2.24) is 0 Å². The van der Waals surface area contributed by atoms with E-state index in [1.807, 2.05) is 0 Å². The molecular weight excluding hydrogens is 482 g/mol. The largest absolute Gasteiger partial charge is 0.371 e. The maximum absolute atomic E-state index is 13.8. The van der Waals surface area contributed by atoms with Crippen molar-refractivity contribution >= 4 is 57.8 Å². The molecule has 170 valence electrons. The molecule has 2 aliphatic rings. The van der Waals surface area contributed by atoms with Crippen LogP contribution in [0.25, 0.3) is 11.1 Å². The monoisotopic (exact) mass is 502 g/mol. The Balaban J connectivity index is 1.77. The highest BCUT2D eigenvalue weighted by Gasteiger charge is 2.32. The van der Waals surface area contributed by atoms with Crippen molar-refractivity contribution in [3.63, 3.8) is 0 Å². The van der Waals surface area contributed by atoms with E-state index < -0.39 is 0 Å². The van der Waals surface area contributed by atoms with Crippen LogP contribution in [0, 0.1) is 5.82 Å². The summed E-state index contributed by atoms with van der Waals surface area (Å²) >= 11 is 19.6. The number of benzene rings is 3. The summed E-state index contributed by atoms with van der Waals surface area (Å²) in [5, 5.41) is 1.16. The molecule has 1 amide bonds. The number of nitrogens with zero attached hydrogens (tertiary/aromatic N) is 2. The molecule has 0 N–H and O–H groups in total. The van der Waals surface area contributed by atoms with Gasteiger partial charge in [-0.2, -0.15) is 0 Å². The average molecular weight is 504 g/mol. The first-order valence-corrected chi connectivity index (χ1v) is 12.2. The second-order valence-electron chi connectivity index (χ2n) is 8.46. The molecular formula is C26H22Cl3FN2O. The van der Waals surface area contributed by atoms with Crippen molar-refractivity contribution in [2.45, 2.75) is 32.1 Å². The zero-order valence-electron chi connectivity index (χ0n) is 17.9. The molecule has 33 heavy (non-hydrogen) atoms. The summed E-state index contributed by atoms with van der Waals surface area (Å²) in [6, 6.07) is 13.8. The van der Waals surface area contributed by atoms with Gasteiger partial charge in [-0.15, -0.1) is 0 Å². The van der Waals surface area contributed by atoms with Crippen molar-refractivity contribution in [2.24, 2.45) is 0 Å². The van der Waals surface area contributed by atoms with Crippen LogP contribution in [0.3, 0.4) is 0 Å². The SMILES string of the molecule is O=C1CCc2c(-c3ccc(F)cc3Cl)cc(N3CCCCC3)cc2N1c1c(Cl)cccc1Cl. The summed E-state index contributed by atoms with van der Waals surface area (Å²) < 4.78 is 13.8. The van der Waals surface area contributed by atoms with E-state index in [-0.39, 0.29) is 11.7 Å². The molecule has 0 aliphatic carbocycles. The maximum Gasteiger partial charge on any atom is 0.231 e. The van der Waals surface area contributed by atoms with E-state index in [0.29, 0.717) is 33.6 Å². The van der Waals surface area contributed by atoms with Crippen LogP contribution >= 0.6 is 34.8 Å². The first kappa shape index (κ1) is 22.5. The third-order valence-corrected chi connectivity index (χ3v) is 7.32. The summed E-state index contributed by atoms with van der Waals surface area (Å²) in [5.41, 5.74) is 4.86. The van der Waals surface area contributed by atoms with Crippen LogP contribution in [0.2, 0.25) is 15.1 Å². The van der Waals surface area contributed by atoms with Gasteiger partial charge in [-0.05, 0) is 79.3 Å². The van der Waals surface area contributed by atoms with Gasteiger partial charge in [0, 0.05) is 30.8 Å². The molecule has 1 saturated heterocycles. The number of amides is 1. The Kier molecular flexibility index (Phi) is 6.26. The van der Waals surface area contributed by atoms with E-state index in [9.17, 15) is 9.18 Å². The Bertz CT molecular complexity index is 1220. The molecule has 0 saturated carbocycles. The number of anilines is 3. The van der Waals surface area contributed by atoms with Gasteiger partial charge in [0.25, 0.3) is 0 Å². The van der Waals surface area contributed by atoms with Gasteiger partial charge >= 0.3 is 0 Å². The quantitative estimate of drug-likeness (QED) is 0.361. The lowest BCUT2D eigenvalue weighted by atomic mass is 9.90. The number of carbonyl (C=O) groups excluding carboxylic acids is 1. The number of fused-ring (bicyclic) bond motifs is 1. The Labute approximate surface area is 207 Å². The highest BCUT2D eigenvalue weighted by molar-refractivity contribution is 6.40.